The Labute approximate surface area is 189 Å². The summed E-state index contributed by atoms with van der Waals surface area (Å²) in [5.41, 5.74) is 2.80. The van der Waals surface area contributed by atoms with Crippen LogP contribution in [0.4, 0.5) is 18.9 Å². The van der Waals surface area contributed by atoms with Gasteiger partial charge < -0.3 is 5.32 Å². The first-order valence-electron chi connectivity index (χ1n) is 9.87. The van der Waals surface area contributed by atoms with E-state index in [1.807, 2.05) is 25.8 Å². The molecule has 1 N–H and O–H groups in total. The van der Waals surface area contributed by atoms with Crippen LogP contribution in [0, 0.1) is 17.5 Å². The summed E-state index contributed by atoms with van der Waals surface area (Å²) in [6.07, 6.45) is 0. The van der Waals surface area contributed by atoms with Crippen molar-refractivity contribution in [1.29, 1.82) is 0 Å². The third kappa shape index (κ3) is 5.67. The Balaban J connectivity index is 1.82. The fraction of sp³-hybridized carbons (Fsp3) is 0.318. The molecule has 0 unspecified atom stereocenters. The summed E-state index contributed by atoms with van der Waals surface area (Å²) in [5, 5.41) is 4.31. The second-order valence-corrected chi connectivity index (χ2v) is 10.4. The number of thiazole rings is 1. The van der Waals surface area contributed by atoms with Crippen molar-refractivity contribution in [1.82, 2.24) is 9.88 Å². The number of nitrogens with zero attached hydrogens (tertiary/aromatic N) is 2. The van der Waals surface area contributed by atoms with Crippen molar-refractivity contribution in [3.8, 4) is 0 Å². The van der Waals surface area contributed by atoms with Crippen LogP contribution in [0.3, 0.4) is 0 Å². The first kappa shape index (κ1) is 24.2. The minimum atomic E-state index is -4.26. The van der Waals surface area contributed by atoms with Crippen molar-refractivity contribution in [2.24, 2.45) is 0 Å². The van der Waals surface area contributed by atoms with Gasteiger partial charge in [-0.1, -0.05) is 12.1 Å². The lowest BCUT2D eigenvalue weighted by Crippen LogP contribution is -2.26. The first-order chi connectivity index (χ1) is 15.1. The number of sulfone groups is 1. The number of rotatable bonds is 9. The molecule has 10 heteroatoms. The summed E-state index contributed by atoms with van der Waals surface area (Å²) >= 11 is 1.19. The maximum atomic E-state index is 14.6. The number of nitrogens with one attached hydrogen (secondary N) is 1. The molecular formula is C22H24F3N3O2S2. The number of hydrogen-bond donors (Lipinski definition) is 1. The molecule has 5 nitrogen and oxygen atoms in total. The molecule has 0 fully saturated rings. The molecule has 2 aromatic carbocycles. The van der Waals surface area contributed by atoms with Gasteiger partial charge in [0.15, 0.2) is 9.84 Å². The fourth-order valence-electron chi connectivity index (χ4n) is 3.13. The zero-order valence-electron chi connectivity index (χ0n) is 17.9. The SMILES string of the molecule is CC(C)N(C)Cc1cccc(F)c1CNc1cc(F)c(S(=O)(=O)Cc2cscn2)c(F)c1. The van der Waals surface area contributed by atoms with Gasteiger partial charge in [0.2, 0.25) is 0 Å². The Bertz CT molecular complexity index is 1160. The highest BCUT2D eigenvalue weighted by Crippen LogP contribution is 2.27. The van der Waals surface area contributed by atoms with Gasteiger partial charge in [0.05, 0.1) is 17.0 Å². The van der Waals surface area contributed by atoms with E-state index in [0.717, 1.165) is 17.7 Å². The van der Waals surface area contributed by atoms with Crippen molar-refractivity contribution in [3.63, 3.8) is 0 Å². The molecule has 0 aliphatic heterocycles. The van der Waals surface area contributed by atoms with Gasteiger partial charge in [-0.25, -0.2) is 26.6 Å². The molecule has 0 atom stereocenters. The van der Waals surface area contributed by atoms with Crippen LogP contribution in [0.2, 0.25) is 0 Å². The van der Waals surface area contributed by atoms with Gasteiger partial charge in [0, 0.05) is 35.8 Å². The van der Waals surface area contributed by atoms with Crippen LogP contribution in [0.15, 0.2) is 46.1 Å². The lowest BCUT2D eigenvalue weighted by molar-refractivity contribution is 0.264. The highest BCUT2D eigenvalue weighted by molar-refractivity contribution is 7.90. The zero-order valence-corrected chi connectivity index (χ0v) is 19.5. The van der Waals surface area contributed by atoms with Crippen molar-refractivity contribution >= 4 is 26.9 Å². The maximum absolute atomic E-state index is 14.6. The van der Waals surface area contributed by atoms with Crippen LogP contribution in [-0.4, -0.2) is 31.4 Å². The molecule has 0 spiro atoms. The van der Waals surface area contributed by atoms with Crippen molar-refractivity contribution < 1.29 is 21.6 Å². The van der Waals surface area contributed by atoms with Gasteiger partial charge in [-0.3, -0.25) is 4.90 Å². The Morgan fingerprint density at radius 3 is 2.41 bits per heavy atom. The molecular weight excluding hydrogens is 459 g/mol. The molecule has 0 radical (unpaired) electrons. The largest absolute Gasteiger partial charge is 0.381 e. The van der Waals surface area contributed by atoms with Crippen LogP contribution in [0.1, 0.15) is 30.7 Å². The quantitative estimate of drug-likeness (QED) is 0.465. The van der Waals surface area contributed by atoms with Crippen LogP contribution in [-0.2, 0) is 28.7 Å². The molecule has 0 amide bonds. The second-order valence-electron chi connectivity index (χ2n) is 7.75. The highest BCUT2D eigenvalue weighted by atomic mass is 32.2. The fourth-order valence-corrected chi connectivity index (χ4v) is 5.19. The molecule has 0 saturated heterocycles. The normalized spacial score (nSPS) is 12.0. The summed E-state index contributed by atoms with van der Waals surface area (Å²) in [4.78, 5) is 4.90. The van der Waals surface area contributed by atoms with Crippen molar-refractivity contribution in [3.05, 3.63) is 75.5 Å². The van der Waals surface area contributed by atoms with Gasteiger partial charge in [0.25, 0.3) is 0 Å². The van der Waals surface area contributed by atoms with E-state index in [-0.39, 0.29) is 24.0 Å². The molecule has 1 heterocycles. The number of halogens is 3. The molecule has 0 aliphatic carbocycles. The minimum absolute atomic E-state index is 0.0130. The van der Waals surface area contributed by atoms with E-state index in [4.69, 9.17) is 0 Å². The molecule has 172 valence electrons. The van der Waals surface area contributed by atoms with E-state index in [9.17, 15) is 21.6 Å². The van der Waals surface area contributed by atoms with Gasteiger partial charge >= 0.3 is 0 Å². The summed E-state index contributed by atoms with van der Waals surface area (Å²) in [6, 6.07) is 6.79. The smallest absolute Gasteiger partial charge is 0.189 e. The monoisotopic (exact) mass is 483 g/mol. The number of aromatic nitrogens is 1. The number of hydrogen-bond acceptors (Lipinski definition) is 6. The van der Waals surface area contributed by atoms with E-state index < -0.39 is 37.9 Å². The topological polar surface area (TPSA) is 62.3 Å². The second kappa shape index (κ2) is 10.0. The van der Waals surface area contributed by atoms with Crippen LogP contribution >= 0.6 is 11.3 Å². The van der Waals surface area contributed by atoms with E-state index in [0.29, 0.717) is 12.1 Å². The summed E-state index contributed by atoms with van der Waals surface area (Å²) < 4.78 is 68.7. The molecule has 0 aliphatic rings. The molecule has 0 saturated carbocycles. The molecule has 3 rings (SSSR count). The summed E-state index contributed by atoms with van der Waals surface area (Å²) in [7, 11) is -2.34. The van der Waals surface area contributed by atoms with Gasteiger partial charge in [-0.15, -0.1) is 11.3 Å². The Morgan fingerprint density at radius 2 is 1.81 bits per heavy atom. The Morgan fingerprint density at radius 1 is 1.12 bits per heavy atom. The molecule has 3 aromatic rings. The maximum Gasteiger partial charge on any atom is 0.189 e. The average Bonchev–Trinajstić information content (AvgIpc) is 3.18. The van der Waals surface area contributed by atoms with Gasteiger partial charge in [-0.2, -0.15) is 0 Å². The van der Waals surface area contributed by atoms with E-state index >= 15 is 0 Å². The molecule has 32 heavy (non-hydrogen) atoms. The third-order valence-corrected chi connectivity index (χ3v) is 7.44. The predicted octanol–water partition coefficient (Wildman–Crippen LogP) is 4.99. The van der Waals surface area contributed by atoms with Crippen LogP contribution < -0.4 is 5.32 Å². The average molecular weight is 484 g/mol. The third-order valence-electron chi connectivity index (χ3n) is 5.12. The van der Waals surface area contributed by atoms with Crippen molar-refractivity contribution in [2.75, 3.05) is 12.4 Å². The Kier molecular flexibility index (Phi) is 7.58. The lowest BCUT2D eigenvalue weighted by Gasteiger charge is -2.23. The predicted molar refractivity (Wildman–Crippen MR) is 120 cm³/mol. The number of anilines is 1. The summed E-state index contributed by atoms with van der Waals surface area (Å²) in [6.45, 7) is 4.53. The standard InChI is InChI=1S/C22H24F3N3O2S2/c1-14(2)28(3)10-15-5-4-6-19(23)18(15)9-26-16-7-20(24)22(21(25)8-16)32(29,30)12-17-11-31-13-27-17/h4-8,11,13-14,26H,9-10,12H2,1-3H3. The zero-order chi connectivity index (χ0) is 23.5. The van der Waals surface area contributed by atoms with E-state index in [1.165, 1.54) is 28.3 Å². The number of benzene rings is 2. The van der Waals surface area contributed by atoms with Gasteiger partial charge in [0.1, 0.15) is 22.3 Å². The van der Waals surface area contributed by atoms with E-state index in [1.54, 1.807) is 12.1 Å². The molecule has 1 aromatic heterocycles. The first-order valence-corrected chi connectivity index (χ1v) is 12.5. The Hall–Kier alpha value is -2.43. The van der Waals surface area contributed by atoms with Crippen molar-refractivity contribution in [2.45, 2.75) is 43.6 Å². The lowest BCUT2D eigenvalue weighted by atomic mass is 10.1. The summed E-state index contributed by atoms with van der Waals surface area (Å²) in [5.74, 6) is -3.46. The molecule has 0 bridgehead atoms. The van der Waals surface area contributed by atoms with Crippen LogP contribution in [0.5, 0.6) is 0 Å². The van der Waals surface area contributed by atoms with Crippen LogP contribution in [0.25, 0.3) is 0 Å². The minimum Gasteiger partial charge on any atom is -0.381 e. The van der Waals surface area contributed by atoms with Gasteiger partial charge in [-0.05, 0) is 44.7 Å². The highest BCUT2D eigenvalue weighted by Gasteiger charge is 2.26. The van der Waals surface area contributed by atoms with E-state index in [2.05, 4.69) is 10.3 Å².